The summed E-state index contributed by atoms with van der Waals surface area (Å²) in [7, 11) is 0. The molecule has 3 heteroatoms. The minimum absolute atomic E-state index is 0.0710. The molecule has 0 N–H and O–H groups in total. The van der Waals surface area contributed by atoms with E-state index >= 15 is 0 Å². The molecule has 22 heavy (non-hydrogen) atoms. The summed E-state index contributed by atoms with van der Waals surface area (Å²) < 4.78 is 5.20. The van der Waals surface area contributed by atoms with Crippen LogP contribution in [0.3, 0.4) is 0 Å². The fourth-order valence-corrected chi connectivity index (χ4v) is 2.59. The Hall–Kier alpha value is -2.55. The van der Waals surface area contributed by atoms with E-state index in [2.05, 4.69) is 24.3 Å². The third-order valence-corrected chi connectivity index (χ3v) is 3.78. The van der Waals surface area contributed by atoms with Gasteiger partial charge in [0.05, 0.1) is 12.6 Å². The lowest BCUT2D eigenvalue weighted by molar-refractivity contribution is 0.0530. The highest BCUT2D eigenvalue weighted by molar-refractivity contribution is 5.69. The van der Waals surface area contributed by atoms with E-state index < -0.39 is 0 Å². The Kier molecular flexibility index (Phi) is 4.54. The number of cyclic esters (lactones) is 1. The van der Waals surface area contributed by atoms with Crippen LogP contribution in [0.1, 0.15) is 17.5 Å². The number of amides is 1. The normalized spacial score (nSPS) is 18.5. The van der Waals surface area contributed by atoms with Crippen LogP contribution >= 0.6 is 0 Å². The second kappa shape index (κ2) is 6.94. The predicted octanol–water partition coefficient (Wildman–Crippen LogP) is 4.11. The number of carbonyl (C=O) groups excluding carboxylic acids is 1. The van der Waals surface area contributed by atoms with Gasteiger partial charge in [0.15, 0.2) is 0 Å². The predicted molar refractivity (Wildman–Crippen MR) is 87.2 cm³/mol. The smallest absolute Gasteiger partial charge is 0.410 e. The maximum Gasteiger partial charge on any atom is 0.410 e. The van der Waals surface area contributed by atoms with E-state index in [-0.39, 0.29) is 12.1 Å². The highest BCUT2D eigenvalue weighted by atomic mass is 16.6. The SMILES string of the molecule is O=C1OCC[C@H](/C=C/c2ccccc2)N1Cc1ccccc1. The molecule has 3 nitrogen and oxygen atoms in total. The van der Waals surface area contributed by atoms with Crippen LogP contribution in [0.2, 0.25) is 0 Å². The van der Waals surface area contributed by atoms with Gasteiger partial charge in [-0.25, -0.2) is 4.79 Å². The van der Waals surface area contributed by atoms with Crippen molar-refractivity contribution >= 4 is 12.2 Å². The van der Waals surface area contributed by atoms with Crippen LogP contribution in [0, 0.1) is 0 Å². The van der Waals surface area contributed by atoms with Crippen LogP contribution in [-0.4, -0.2) is 23.6 Å². The van der Waals surface area contributed by atoms with Gasteiger partial charge < -0.3 is 4.74 Å². The van der Waals surface area contributed by atoms with Gasteiger partial charge in [0.1, 0.15) is 0 Å². The number of ether oxygens (including phenoxy) is 1. The van der Waals surface area contributed by atoms with E-state index in [0.29, 0.717) is 13.2 Å². The Morgan fingerprint density at radius 1 is 1.05 bits per heavy atom. The largest absolute Gasteiger partial charge is 0.449 e. The summed E-state index contributed by atoms with van der Waals surface area (Å²) in [6, 6.07) is 20.2. The van der Waals surface area contributed by atoms with E-state index in [1.54, 1.807) is 4.90 Å². The first kappa shape index (κ1) is 14.4. The van der Waals surface area contributed by atoms with Gasteiger partial charge in [-0.15, -0.1) is 0 Å². The average Bonchev–Trinajstić information content (AvgIpc) is 2.57. The maximum absolute atomic E-state index is 12.1. The number of rotatable bonds is 4. The van der Waals surface area contributed by atoms with Crippen molar-refractivity contribution in [2.45, 2.75) is 19.0 Å². The van der Waals surface area contributed by atoms with E-state index in [4.69, 9.17) is 4.74 Å². The molecule has 1 aliphatic heterocycles. The van der Waals surface area contributed by atoms with E-state index in [0.717, 1.165) is 17.5 Å². The van der Waals surface area contributed by atoms with Crippen LogP contribution in [0.15, 0.2) is 66.7 Å². The van der Waals surface area contributed by atoms with Gasteiger partial charge in [-0.05, 0) is 11.1 Å². The Labute approximate surface area is 130 Å². The highest BCUT2D eigenvalue weighted by Gasteiger charge is 2.27. The topological polar surface area (TPSA) is 29.5 Å². The monoisotopic (exact) mass is 293 g/mol. The Balaban J connectivity index is 1.75. The van der Waals surface area contributed by atoms with Gasteiger partial charge in [-0.2, -0.15) is 0 Å². The molecule has 1 atom stereocenters. The molecule has 1 fully saturated rings. The zero-order valence-electron chi connectivity index (χ0n) is 12.4. The average molecular weight is 293 g/mol. The number of hydrogen-bond donors (Lipinski definition) is 0. The molecule has 1 heterocycles. The summed E-state index contributed by atoms with van der Waals surface area (Å²) in [6.45, 7) is 1.05. The van der Waals surface area contributed by atoms with Crippen molar-refractivity contribution in [3.63, 3.8) is 0 Å². The standard InChI is InChI=1S/C19H19NO2/c21-19-20(15-17-9-5-2-6-10-17)18(13-14-22-19)12-11-16-7-3-1-4-8-16/h1-12,18H,13-15H2/b12-11+/t18-/m0/s1. The number of hydrogen-bond acceptors (Lipinski definition) is 2. The van der Waals surface area contributed by atoms with Gasteiger partial charge >= 0.3 is 6.09 Å². The van der Waals surface area contributed by atoms with Crippen molar-refractivity contribution < 1.29 is 9.53 Å². The summed E-state index contributed by atoms with van der Waals surface area (Å²) in [5, 5.41) is 0. The van der Waals surface area contributed by atoms with E-state index in [1.807, 2.05) is 48.5 Å². The maximum atomic E-state index is 12.1. The molecular weight excluding hydrogens is 274 g/mol. The summed E-state index contributed by atoms with van der Waals surface area (Å²) in [4.78, 5) is 13.9. The quantitative estimate of drug-likeness (QED) is 0.849. The molecular formula is C19H19NO2. The zero-order chi connectivity index (χ0) is 15.2. The number of benzene rings is 2. The molecule has 2 aromatic carbocycles. The minimum atomic E-state index is -0.238. The summed E-state index contributed by atoms with van der Waals surface area (Å²) in [5.74, 6) is 0. The fourth-order valence-electron chi connectivity index (χ4n) is 2.59. The van der Waals surface area contributed by atoms with Crippen LogP contribution < -0.4 is 0 Å². The highest BCUT2D eigenvalue weighted by Crippen LogP contribution is 2.19. The van der Waals surface area contributed by atoms with Gasteiger partial charge in [0, 0.05) is 13.0 Å². The van der Waals surface area contributed by atoms with Crippen molar-refractivity contribution in [3.05, 3.63) is 77.9 Å². The molecule has 3 rings (SSSR count). The molecule has 0 spiro atoms. The zero-order valence-corrected chi connectivity index (χ0v) is 12.4. The van der Waals surface area contributed by atoms with Crippen molar-refractivity contribution in [2.75, 3.05) is 6.61 Å². The van der Waals surface area contributed by atoms with E-state index in [1.165, 1.54) is 0 Å². The van der Waals surface area contributed by atoms with Gasteiger partial charge in [-0.3, -0.25) is 4.90 Å². The van der Waals surface area contributed by atoms with Crippen LogP contribution in [0.25, 0.3) is 6.08 Å². The molecule has 0 aliphatic carbocycles. The molecule has 1 amide bonds. The third-order valence-electron chi connectivity index (χ3n) is 3.78. The molecule has 2 aromatic rings. The molecule has 0 saturated carbocycles. The minimum Gasteiger partial charge on any atom is -0.449 e. The molecule has 0 unspecified atom stereocenters. The van der Waals surface area contributed by atoms with Crippen molar-refractivity contribution in [3.8, 4) is 0 Å². The lowest BCUT2D eigenvalue weighted by Gasteiger charge is -2.33. The summed E-state index contributed by atoms with van der Waals surface area (Å²) in [5.41, 5.74) is 2.25. The Bertz CT molecular complexity index is 637. The molecule has 1 aliphatic rings. The van der Waals surface area contributed by atoms with Crippen LogP contribution in [0.4, 0.5) is 4.79 Å². The second-order valence-corrected chi connectivity index (χ2v) is 5.35. The molecule has 112 valence electrons. The van der Waals surface area contributed by atoms with Gasteiger partial charge in [0.25, 0.3) is 0 Å². The fraction of sp³-hybridized carbons (Fsp3) is 0.211. The Morgan fingerprint density at radius 2 is 1.73 bits per heavy atom. The lowest BCUT2D eigenvalue weighted by atomic mass is 10.1. The van der Waals surface area contributed by atoms with Crippen LogP contribution in [0.5, 0.6) is 0 Å². The summed E-state index contributed by atoms with van der Waals surface area (Å²) >= 11 is 0. The molecule has 1 saturated heterocycles. The van der Waals surface area contributed by atoms with Crippen molar-refractivity contribution in [1.82, 2.24) is 4.90 Å². The third kappa shape index (κ3) is 3.55. The first-order chi connectivity index (χ1) is 10.8. The van der Waals surface area contributed by atoms with Crippen LogP contribution in [-0.2, 0) is 11.3 Å². The van der Waals surface area contributed by atoms with Gasteiger partial charge in [-0.1, -0.05) is 72.8 Å². The molecule has 0 bridgehead atoms. The summed E-state index contributed by atoms with van der Waals surface area (Å²) in [6.07, 6.45) is 4.75. The van der Waals surface area contributed by atoms with Crippen molar-refractivity contribution in [1.29, 1.82) is 0 Å². The van der Waals surface area contributed by atoms with E-state index in [9.17, 15) is 4.79 Å². The first-order valence-corrected chi connectivity index (χ1v) is 7.53. The number of carbonyl (C=O) groups is 1. The van der Waals surface area contributed by atoms with Gasteiger partial charge in [0.2, 0.25) is 0 Å². The lowest BCUT2D eigenvalue weighted by Crippen LogP contribution is -2.44. The Morgan fingerprint density at radius 3 is 2.45 bits per heavy atom. The first-order valence-electron chi connectivity index (χ1n) is 7.53. The second-order valence-electron chi connectivity index (χ2n) is 5.35. The molecule has 0 aromatic heterocycles. The number of nitrogens with zero attached hydrogens (tertiary/aromatic N) is 1. The molecule has 0 radical (unpaired) electrons. The van der Waals surface area contributed by atoms with Crippen molar-refractivity contribution in [2.24, 2.45) is 0 Å².